The highest BCUT2D eigenvalue weighted by Gasteiger charge is 2.02. The normalized spacial score (nSPS) is 10.2. The molecule has 21 heavy (non-hydrogen) atoms. The summed E-state index contributed by atoms with van der Waals surface area (Å²) >= 11 is 0. The minimum absolute atomic E-state index is 0.0293. The summed E-state index contributed by atoms with van der Waals surface area (Å²) in [5.74, 6) is 0.0293. The van der Waals surface area contributed by atoms with Crippen LogP contribution in [-0.2, 0) is 11.3 Å². The zero-order valence-electron chi connectivity index (χ0n) is 12.9. The molecule has 0 bridgehead atoms. The average molecular weight is 282 g/mol. The first-order valence-corrected chi connectivity index (χ1v) is 7.28. The molecule has 0 aliphatic heterocycles. The van der Waals surface area contributed by atoms with Crippen LogP contribution in [0.4, 0.5) is 11.4 Å². The maximum absolute atomic E-state index is 11.4. The first-order valence-electron chi connectivity index (χ1n) is 7.28. The topological polar surface area (TPSA) is 41.1 Å². The number of carbonyl (C=O) groups excluding carboxylic acids is 1. The van der Waals surface area contributed by atoms with Gasteiger partial charge >= 0.3 is 0 Å². The van der Waals surface area contributed by atoms with Crippen LogP contribution >= 0.6 is 0 Å². The van der Waals surface area contributed by atoms with Crippen LogP contribution in [0, 0.1) is 13.8 Å². The van der Waals surface area contributed by atoms with Gasteiger partial charge in [0.25, 0.3) is 0 Å². The third-order valence-electron chi connectivity index (χ3n) is 3.46. The molecule has 0 unspecified atom stereocenters. The summed E-state index contributed by atoms with van der Waals surface area (Å²) in [5.41, 5.74) is 5.67. The largest absolute Gasteiger partial charge is 0.381 e. The van der Waals surface area contributed by atoms with Crippen molar-refractivity contribution >= 4 is 17.3 Å². The Morgan fingerprint density at radius 3 is 2.57 bits per heavy atom. The lowest BCUT2D eigenvalue weighted by Gasteiger charge is -2.11. The van der Waals surface area contributed by atoms with E-state index >= 15 is 0 Å². The van der Waals surface area contributed by atoms with E-state index < -0.39 is 0 Å². The van der Waals surface area contributed by atoms with E-state index in [1.807, 2.05) is 31.2 Å². The van der Waals surface area contributed by atoms with Crippen LogP contribution in [0.5, 0.6) is 0 Å². The Morgan fingerprint density at radius 1 is 1.05 bits per heavy atom. The molecule has 0 aliphatic rings. The van der Waals surface area contributed by atoms with Crippen LogP contribution in [0.3, 0.4) is 0 Å². The Balaban J connectivity index is 2.04. The van der Waals surface area contributed by atoms with Crippen molar-refractivity contribution < 1.29 is 4.79 Å². The molecule has 0 heterocycles. The number of anilines is 2. The van der Waals surface area contributed by atoms with Gasteiger partial charge in [0, 0.05) is 24.3 Å². The number of amides is 1. The Hall–Kier alpha value is -2.29. The van der Waals surface area contributed by atoms with E-state index in [2.05, 4.69) is 42.7 Å². The molecule has 0 saturated carbocycles. The van der Waals surface area contributed by atoms with Gasteiger partial charge in [0.2, 0.25) is 5.91 Å². The first-order chi connectivity index (χ1) is 10.1. The van der Waals surface area contributed by atoms with Crippen LogP contribution < -0.4 is 10.6 Å². The smallest absolute Gasteiger partial charge is 0.224 e. The molecule has 2 aromatic rings. The Bertz CT molecular complexity index is 635. The van der Waals surface area contributed by atoms with Crippen molar-refractivity contribution in [3.8, 4) is 0 Å². The number of hydrogen-bond donors (Lipinski definition) is 2. The fourth-order valence-electron chi connectivity index (χ4n) is 2.14. The summed E-state index contributed by atoms with van der Waals surface area (Å²) < 4.78 is 0. The van der Waals surface area contributed by atoms with Crippen LogP contribution in [0.15, 0.2) is 42.5 Å². The van der Waals surface area contributed by atoms with Crippen molar-refractivity contribution in [3.63, 3.8) is 0 Å². The van der Waals surface area contributed by atoms with Crippen molar-refractivity contribution in [2.24, 2.45) is 0 Å². The molecule has 2 rings (SSSR count). The van der Waals surface area contributed by atoms with Gasteiger partial charge in [0.1, 0.15) is 0 Å². The minimum Gasteiger partial charge on any atom is -0.381 e. The van der Waals surface area contributed by atoms with E-state index in [1.165, 1.54) is 16.7 Å². The SMILES string of the molecule is CCC(=O)Nc1cccc(NCc2cc(C)ccc2C)c1. The summed E-state index contributed by atoms with van der Waals surface area (Å²) in [6.07, 6.45) is 0.486. The van der Waals surface area contributed by atoms with Gasteiger partial charge in [-0.15, -0.1) is 0 Å². The second-order valence-corrected chi connectivity index (χ2v) is 5.27. The summed E-state index contributed by atoms with van der Waals surface area (Å²) in [6, 6.07) is 14.3. The summed E-state index contributed by atoms with van der Waals surface area (Å²) in [4.78, 5) is 11.4. The van der Waals surface area contributed by atoms with Crippen LogP contribution in [0.1, 0.15) is 30.0 Å². The number of hydrogen-bond acceptors (Lipinski definition) is 2. The van der Waals surface area contributed by atoms with E-state index in [4.69, 9.17) is 0 Å². The predicted molar refractivity (Wildman–Crippen MR) is 88.6 cm³/mol. The molecular formula is C18H22N2O. The van der Waals surface area contributed by atoms with E-state index in [0.717, 1.165) is 17.9 Å². The zero-order valence-corrected chi connectivity index (χ0v) is 12.9. The second-order valence-electron chi connectivity index (χ2n) is 5.27. The van der Waals surface area contributed by atoms with Crippen molar-refractivity contribution in [3.05, 3.63) is 59.2 Å². The van der Waals surface area contributed by atoms with Crippen LogP contribution in [-0.4, -0.2) is 5.91 Å². The highest BCUT2D eigenvalue weighted by molar-refractivity contribution is 5.90. The number of rotatable bonds is 5. The van der Waals surface area contributed by atoms with Gasteiger partial charge in [-0.3, -0.25) is 4.79 Å². The molecule has 0 aromatic heterocycles. The molecular weight excluding hydrogens is 260 g/mol. The van der Waals surface area contributed by atoms with Crippen molar-refractivity contribution in [1.29, 1.82) is 0 Å². The second kappa shape index (κ2) is 6.93. The average Bonchev–Trinajstić information content (AvgIpc) is 2.48. The molecule has 2 N–H and O–H groups in total. The van der Waals surface area contributed by atoms with Gasteiger partial charge in [-0.2, -0.15) is 0 Å². The Morgan fingerprint density at radius 2 is 1.81 bits per heavy atom. The monoisotopic (exact) mass is 282 g/mol. The molecule has 0 radical (unpaired) electrons. The van der Waals surface area contributed by atoms with Gasteiger partial charge in [-0.25, -0.2) is 0 Å². The maximum Gasteiger partial charge on any atom is 0.224 e. The van der Waals surface area contributed by atoms with Crippen LogP contribution in [0.25, 0.3) is 0 Å². The summed E-state index contributed by atoms with van der Waals surface area (Å²) in [6.45, 7) is 6.84. The predicted octanol–water partition coefficient (Wildman–Crippen LogP) is 4.26. The number of benzene rings is 2. The summed E-state index contributed by atoms with van der Waals surface area (Å²) in [7, 11) is 0. The molecule has 0 spiro atoms. The molecule has 0 atom stereocenters. The molecule has 2 aromatic carbocycles. The molecule has 0 aliphatic carbocycles. The number of aryl methyl sites for hydroxylation is 2. The lowest BCUT2D eigenvalue weighted by molar-refractivity contribution is -0.115. The van der Waals surface area contributed by atoms with Crippen molar-refractivity contribution in [2.75, 3.05) is 10.6 Å². The Labute approximate surface area is 126 Å². The third-order valence-corrected chi connectivity index (χ3v) is 3.46. The molecule has 0 fully saturated rings. The van der Waals surface area contributed by atoms with Crippen molar-refractivity contribution in [2.45, 2.75) is 33.7 Å². The molecule has 3 nitrogen and oxygen atoms in total. The van der Waals surface area contributed by atoms with E-state index in [9.17, 15) is 4.79 Å². The fraction of sp³-hybridized carbons (Fsp3) is 0.278. The molecule has 1 amide bonds. The summed E-state index contributed by atoms with van der Waals surface area (Å²) in [5, 5.41) is 6.28. The standard InChI is InChI=1S/C18H22N2O/c1-4-18(21)20-17-7-5-6-16(11-17)19-12-15-10-13(2)8-9-14(15)3/h5-11,19H,4,12H2,1-3H3,(H,20,21). The first kappa shape index (κ1) is 15.1. The minimum atomic E-state index is 0.0293. The van der Waals surface area contributed by atoms with Gasteiger partial charge in [-0.05, 0) is 43.2 Å². The van der Waals surface area contributed by atoms with Gasteiger partial charge in [0.15, 0.2) is 0 Å². The molecule has 3 heteroatoms. The maximum atomic E-state index is 11.4. The number of nitrogens with one attached hydrogen (secondary N) is 2. The quantitative estimate of drug-likeness (QED) is 0.860. The van der Waals surface area contributed by atoms with E-state index in [0.29, 0.717) is 6.42 Å². The number of carbonyl (C=O) groups is 1. The lowest BCUT2D eigenvalue weighted by atomic mass is 10.1. The highest BCUT2D eigenvalue weighted by Crippen LogP contribution is 2.18. The highest BCUT2D eigenvalue weighted by atomic mass is 16.1. The van der Waals surface area contributed by atoms with Gasteiger partial charge in [0.05, 0.1) is 0 Å². The van der Waals surface area contributed by atoms with Gasteiger partial charge < -0.3 is 10.6 Å². The van der Waals surface area contributed by atoms with E-state index in [-0.39, 0.29) is 5.91 Å². The van der Waals surface area contributed by atoms with Gasteiger partial charge in [-0.1, -0.05) is 36.8 Å². The zero-order chi connectivity index (χ0) is 15.2. The van der Waals surface area contributed by atoms with E-state index in [1.54, 1.807) is 0 Å². The fourth-order valence-corrected chi connectivity index (χ4v) is 2.14. The lowest BCUT2D eigenvalue weighted by Crippen LogP contribution is -2.09. The van der Waals surface area contributed by atoms with Crippen LogP contribution in [0.2, 0.25) is 0 Å². The third kappa shape index (κ3) is 4.35. The molecule has 110 valence electrons. The molecule has 0 saturated heterocycles. The van der Waals surface area contributed by atoms with Crippen molar-refractivity contribution in [1.82, 2.24) is 0 Å². The Kier molecular flexibility index (Phi) is 4.99.